The number of thiazole rings is 1. The molecule has 0 spiro atoms. The standard InChI is InChI=1S/C7H4BrFN2S/c8-3-1-4(9)6-5(2-3)12-7(10)11-6/h1-2H,(H2,10,11). The summed E-state index contributed by atoms with van der Waals surface area (Å²) in [5.41, 5.74) is 5.78. The molecule has 1 heterocycles. The van der Waals surface area contributed by atoms with Gasteiger partial charge in [0.2, 0.25) is 0 Å². The Hall–Kier alpha value is -0.680. The van der Waals surface area contributed by atoms with Crippen LogP contribution in [0.4, 0.5) is 9.52 Å². The molecule has 0 bridgehead atoms. The van der Waals surface area contributed by atoms with E-state index in [2.05, 4.69) is 20.9 Å². The molecule has 0 saturated heterocycles. The van der Waals surface area contributed by atoms with Crippen LogP contribution < -0.4 is 5.73 Å². The Bertz CT molecular complexity index is 440. The van der Waals surface area contributed by atoms with Crippen LogP contribution in [0.25, 0.3) is 10.2 Å². The second-order valence-electron chi connectivity index (χ2n) is 2.29. The molecule has 2 N–H and O–H groups in total. The van der Waals surface area contributed by atoms with Crippen LogP contribution in [0, 0.1) is 5.82 Å². The quantitative estimate of drug-likeness (QED) is 0.777. The Balaban J connectivity index is 2.88. The number of nitrogens with two attached hydrogens (primary N) is 1. The number of nitrogens with zero attached hydrogens (tertiary/aromatic N) is 1. The molecular weight excluding hydrogens is 243 g/mol. The number of rotatable bonds is 0. The molecule has 0 unspecified atom stereocenters. The summed E-state index contributed by atoms with van der Waals surface area (Å²) in [4.78, 5) is 3.85. The molecule has 1 aromatic heterocycles. The Labute approximate surface area is 80.3 Å². The lowest BCUT2D eigenvalue weighted by molar-refractivity contribution is 0.636. The van der Waals surface area contributed by atoms with Crippen molar-refractivity contribution in [1.82, 2.24) is 4.98 Å². The Kier molecular flexibility index (Phi) is 1.77. The summed E-state index contributed by atoms with van der Waals surface area (Å²) in [5.74, 6) is -0.340. The van der Waals surface area contributed by atoms with Crippen LogP contribution in [-0.4, -0.2) is 4.98 Å². The first-order chi connectivity index (χ1) is 5.66. The van der Waals surface area contributed by atoms with E-state index in [4.69, 9.17) is 5.73 Å². The van der Waals surface area contributed by atoms with Crippen LogP contribution in [0.2, 0.25) is 0 Å². The smallest absolute Gasteiger partial charge is 0.181 e. The van der Waals surface area contributed by atoms with Crippen molar-refractivity contribution >= 4 is 42.6 Å². The van der Waals surface area contributed by atoms with Gasteiger partial charge < -0.3 is 5.73 Å². The molecule has 2 nitrogen and oxygen atoms in total. The van der Waals surface area contributed by atoms with Crippen molar-refractivity contribution in [2.24, 2.45) is 0 Å². The van der Waals surface area contributed by atoms with Crippen molar-refractivity contribution < 1.29 is 4.39 Å². The van der Waals surface area contributed by atoms with Gasteiger partial charge in [-0.15, -0.1) is 0 Å². The van der Waals surface area contributed by atoms with Crippen LogP contribution in [0.3, 0.4) is 0 Å². The summed E-state index contributed by atoms with van der Waals surface area (Å²) >= 11 is 4.47. The average molecular weight is 247 g/mol. The Morgan fingerprint density at radius 1 is 1.50 bits per heavy atom. The van der Waals surface area contributed by atoms with Crippen molar-refractivity contribution in [1.29, 1.82) is 0 Å². The molecule has 0 aliphatic heterocycles. The lowest BCUT2D eigenvalue weighted by Gasteiger charge is -1.91. The zero-order chi connectivity index (χ0) is 8.72. The van der Waals surface area contributed by atoms with Crippen molar-refractivity contribution in [2.45, 2.75) is 0 Å². The van der Waals surface area contributed by atoms with E-state index in [1.54, 1.807) is 6.07 Å². The molecule has 0 radical (unpaired) electrons. The molecule has 12 heavy (non-hydrogen) atoms. The maximum atomic E-state index is 13.1. The molecule has 62 valence electrons. The minimum atomic E-state index is -0.340. The minimum absolute atomic E-state index is 0.340. The van der Waals surface area contributed by atoms with Crippen LogP contribution in [0.15, 0.2) is 16.6 Å². The molecule has 0 aliphatic rings. The van der Waals surface area contributed by atoms with E-state index >= 15 is 0 Å². The van der Waals surface area contributed by atoms with E-state index in [-0.39, 0.29) is 5.82 Å². The normalized spacial score (nSPS) is 10.8. The predicted molar refractivity (Wildman–Crippen MR) is 51.7 cm³/mol. The SMILES string of the molecule is Nc1nc2c(F)cc(Br)cc2s1. The highest BCUT2D eigenvalue weighted by Gasteiger charge is 2.07. The molecular formula is C7H4BrFN2S. The summed E-state index contributed by atoms with van der Waals surface area (Å²) < 4.78 is 14.6. The molecule has 2 aromatic rings. The molecule has 0 aliphatic carbocycles. The topological polar surface area (TPSA) is 38.9 Å². The number of hydrogen-bond donors (Lipinski definition) is 1. The Morgan fingerprint density at radius 3 is 3.00 bits per heavy atom. The second kappa shape index (κ2) is 2.67. The number of nitrogen functional groups attached to an aromatic ring is 1. The highest BCUT2D eigenvalue weighted by molar-refractivity contribution is 9.10. The number of anilines is 1. The maximum absolute atomic E-state index is 13.1. The van der Waals surface area contributed by atoms with E-state index in [1.807, 2.05) is 0 Å². The van der Waals surface area contributed by atoms with Gasteiger partial charge >= 0.3 is 0 Å². The first-order valence-corrected chi connectivity index (χ1v) is 4.79. The monoisotopic (exact) mass is 246 g/mol. The van der Waals surface area contributed by atoms with Crippen LogP contribution in [-0.2, 0) is 0 Å². The van der Waals surface area contributed by atoms with Gasteiger partial charge in [-0.25, -0.2) is 9.37 Å². The van der Waals surface area contributed by atoms with Crippen LogP contribution in [0.1, 0.15) is 0 Å². The summed E-state index contributed by atoms with van der Waals surface area (Å²) in [6.07, 6.45) is 0. The van der Waals surface area contributed by atoms with E-state index < -0.39 is 0 Å². The first-order valence-electron chi connectivity index (χ1n) is 3.18. The number of hydrogen-bond acceptors (Lipinski definition) is 3. The molecule has 1 aromatic carbocycles. The minimum Gasteiger partial charge on any atom is -0.375 e. The van der Waals surface area contributed by atoms with E-state index in [0.29, 0.717) is 15.1 Å². The maximum Gasteiger partial charge on any atom is 0.181 e. The van der Waals surface area contributed by atoms with Crippen molar-refractivity contribution in [3.05, 3.63) is 22.4 Å². The number of benzene rings is 1. The van der Waals surface area contributed by atoms with Gasteiger partial charge in [-0.1, -0.05) is 27.3 Å². The van der Waals surface area contributed by atoms with Crippen LogP contribution >= 0.6 is 27.3 Å². The van der Waals surface area contributed by atoms with Crippen LogP contribution in [0.5, 0.6) is 0 Å². The van der Waals surface area contributed by atoms with E-state index in [0.717, 1.165) is 4.70 Å². The van der Waals surface area contributed by atoms with E-state index in [1.165, 1.54) is 17.4 Å². The first kappa shape index (κ1) is 7.94. The lowest BCUT2D eigenvalue weighted by atomic mass is 10.3. The fourth-order valence-corrected chi connectivity index (χ4v) is 2.34. The predicted octanol–water partition coefficient (Wildman–Crippen LogP) is 2.78. The zero-order valence-corrected chi connectivity index (χ0v) is 8.25. The summed E-state index contributed by atoms with van der Waals surface area (Å²) in [6, 6.07) is 3.17. The molecule has 2 rings (SSSR count). The molecule has 0 fully saturated rings. The fraction of sp³-hybridized carbons (Fsp3) is 0. The third kappa shape index (κ3) is 1.19. The zero-order valence-electron chi connectivity index (χ0n) is 5.84. The average Bonchev–Trinajstić information content (AvgIpc) is 2.29. The molecule has 0 saturated carbocycles. The molecule has 5 heteroatoms. The number of aromatic nitrogens is 1. The molecule has 0 amide bonds. The molecule has 0 atom stereocenters. The van der Waals surface area contributed by atoms with Gasteiger partial charge in [0, 0.05) is 4.47 Å². The van der Waals surface area contributed by atoms with E-state index in [9.17, 15) is 4.39 Å². The lowest BCUT2D eigenvalue weighted by Crippen LogP contribution is -1.81. The fourth-order valence-electron chi connectivity index (χ4n) is 0.974. The third-order valence-corrected chi connectivity index (χ3v) is 2.72. The van der Waals surface area contributed by atoms with Gasteiger partial charge in [-0.05, 0) is 12.1 Å². The Morgan fingerprint density at radius 2 is 2.25 bits per heavy atom. The second-order valence-corrected chi connectivity index (χ2v) is 4.26. The summed E-state index contributed by atoms with van der Waals surface area (Å²) in [5, 5.41) is 0.391. The van der Waals surface area contributed by atoms with Crippen molar-refractivity contribution in [3.63, 3.8) is 0 Å². The van der Waals surface area contributed by atoms with Gasteiger partial charge in [0.05, 0.1) is 4.70 Å². The van der Waals surface area contributed by atoms with Gasteiger partial charge in [-0.2, -0.15) is 0 Å². The summed E-state index contributed by atoms with van der Waals surface area (Å²) in [7, 11) is 0. The van der Waals surface area contributed by atoms with Crippen molar-refractivity contribution in [2.75, 3.05) is 5.73 Å². The highest BCUT2D eigenvalue weighted by Crippen LogP contribution is 2.28. The largest absolute Gasteiger partial charge is 0.375 e. The number of fused-ring (bicyclic) bond motifs is 1. The van der Waals surface area contributed by atoms with Gasteiger partial charge in [0.1, 0.15) is 5.52 Å². The van der Waals surface area contributed by atoms with Gasteiger partial charge in [0.15, 0.2) is 10.9 Å². The highest BCUT2D eigenvalue weighted by atomic mass is 79.9. The third-order valence-electron chi connectivity index (χ3n) is 1.43. The number of halogens is 2. The van der Waals surface area contributed by atoms with Gasteiger partial charge in [-0.3, -0.25) is 0 Å². The van der Waals surface area contributed by atoms with Crippen molar-refractivity contribution in [3.8, 4) is 0 Å². The summed E-state index contributed by atoms with van der Waals surface area (Å²) in [6.45, 7) is 0. The van der Waals surface area contributed by atoms with Gasteiger partial charge in [0.25, 0.3) is 0 Å².